The predicted octanol–water partition coefficient (Wildman–Crippen LogP) is 3.24. The summed E-state index contributed by atoms with van der Waals surface area (Å²) in [6.07, 6.45) is 1.85. The Kier molecular flexibility index (Phi) is 4.52. The van der Waals surface area contributed by atoms with Crippen LogP contribution in [0.1, 0.15) is 27.0 Å². The molecule has 3 heteroatoms. The number of rotatable bonds is 5. The highest BCUT2D eigenvalue weighted by molar-refractivity contribution is 5.89. The van der Waals surface area contributed by atoms with Gasteiger partial charge in [-0.2, -0.15) is 5.26 Å². The van der Waals surface area contributed by atoms with Crippen molar-refractivity contribution in [2.24, 2.45) is 0 Å². The van der Waals surface area contributed by atoms with Crippen molar-refractivity contribution in [3.63, 3.8) is 0 Å². The summed E-state index contributed by atoms with van der Waals surface area (Å²) in [5, 5.41) is 17.8. The van der Waals surface area contributed by atoms with Gasteiger partial charge in [-0.15, -0.1) is 0 Å². The molecule has 100 valence electrons. The molecular weight excluding hydrogens is 250 g/mol. The minimum absolute atomic E-state index is 0.362. The SMILES string of the molecule is N#CCc1cccc(CCc2ccccc2C(=O)O)c1. The lowest BCUT2D eigenvalue weighted by molar-refractivity contribution is 0.0695. The zero-order chi connectivity index (χ0) is 14.4. The maximum absolute atomic E-state index is 11.1. The Morgan fingerprint density at radius 1 is 1.05 bits per heavy atom. The van der Waals surface area contributed by atoms with Crippen molar-refractivity contribution in [1.82, 2.24) is 0 Å². The van der Waals surface area contributed by atoms with Crippen molar-refractivity contribution in [3.05, 3.63) is 70.8 Å². The Hall–Kier alpha value is -2.60. The Balaban J connectivity index is 2.11. The molecule has 0 heterocycles. The van der Waals surface area contributed by atoms with Gasteiger partial charge in [0.2, 0.25) is 0 Å². The molecule has 3 nitrogen and oxygen atoms in total. The van der Waals surface area contributed by atoms with Gasteiger partial charge in [0, 0.05) is 0 Å². The second kappa shape index (κ2) is 6.53. The maximum Gasteiger partial charge on any atom is 0.335 e. The Morgan fingerprint density at radius 3 is 2.55 bits per heavy atom. The van der Waals surface area contributed by atoms with Crippen molar-refractivity contribution >= 4 is 5.97 Å². The molecule has 2 aromatic rings. The third-order valence-electron chi connectivity index (χ3n) is 3.21. The lowest BCUT2D eigenvalue weighted by atomic mass is 9.98. The monoisotopic (exact) mass is 265 g/mol. The molecule has 0 fully saturated rings. The number of carboxylic acid groups (broad SMARTS) is 1. The summed E-state index contributed by atoms with van der Waals surface area (Å²) in [6.45, 7) is 0. The first kappa shape index (κ1) is 13.8. The number of aryl methyl sites for hydroxylation is 2. The molecule has 0 radical (unpaired) electrons. The van der Waals surface area contributed by atoms with Crippen LogP contribution in [0.3, 0.4) is 0 Å². The first-order valence-electron chi connectivity index (χ1n) is 6.46. The lowest BCUT2D eigenvalue weighted by Gasteiger charge is -2.07. The van der Waals surface area contributed by atoms with Gasteiger partial charge in [-0.05, 0) is 35.6 Å². The van der Waals surface area contributed by atoms with Crippen LogP contribution in [0.2, 0.25) is 0 Å². The number of aromatic carboxylic acids is 1. The van der Waals surface area contributed by atoms with Gasteiger partial charge >= 0.3 is 5.97 Å². The van der Waals surface area contributed by atoms with Crippen molar-refractivity contribution in [2.45, 2.75) is 19.3 Å². The minimum Gasteiger partial charge on any atom is -0.478 e. The molecular formula is C17H15NO2. The quantitative estimate of drug-likeness (QED) is 0.902. The molecule has 0 atom stereocenters. The van der Waals surface area contributed by atoms with E-state index in [1.54, 1.807) is 12.1 Å². The van der Waals surface area contributed by atoms with Crippen LogP contribution in [-0.2, 0) is 19.3 Å². The molecule has 0 aliphatic heterocycles. The first-order valence-corrected chi connectivity index (χ1v) is 6.46. The predicted molar refractivity (Wildman–Crippen MR) is 76.6 cm³/mol. The highest BCUT2D eigenvalue weighted by atomic mass is 16.4. The normalized spacial score (nSPS) is 9.95. The van der Waals surface area contributed by atoms with Gasteiger partial charge in [-0.3, -0.25) is 0 Å². The third-order valence-corrected chi connectivity index (χ3v) is 3.21. The zero-order valence-electron chi connectivity index (χ0n) is 11.0. The number of hydrogen-bond donors (Lipinski definition) is 1. The summed E-state index contributed by atoms with van der Waals surface area (Å²) in [4.78, 5) is 11.1. The maximum atomic E-state index is 11.1. The molecule has 0 unspecified atom stereocenters. The fraction of sp³-hybridized carbons (Fsp3) is 0.176. The van der Waals surface area contributed by atoms with Gasteiger partial charge < -0.3 is 5.11 Å². The number of benzene rings is 2. The highest BCUT2D eigenvalue weighted by Gasteiger charge is 2.08. The van der Waals surface area contributed by atoms with E-state index in [4.69, 9.17) is 10.4 Å². The second-order valence-corrected chi connectivity index (χ2v) is 4.62. The molecule has 0 aliphatic carbocycles. The van der Waals surface area contributed by atoms with Crippen LogP contribution >= 0.6 is 0 Å². The van der Waals surface area contributed by atoms with Gasteiger partial charge in [0.25, 0.3) is 0 Å². The number of carbonyl (C=O) groups is 1. The van der Waals surface area contributed by atoms with Gasteiger partial charge in [0.05, 0.1) is 18.1 Å². The third kappa shape index (κ3) is 3.46. The van der Waals surface area contributed by atoms with E-state index in [-0.39, 0.29) is 0 Å². The minimum atomic E-state index is -0.890. The molecule has 0 saturated carbocycles. The molecule has 0 aliphatic rings. The van der Waals surface area contributed by atoms with E-state index in [2.05, 4.69) is 6.07 Å². The summed E-state index contributed by atoms with van der Waals surface area (Å²) < 4.78 is 0. The Labute approximate surface area is 118 Å². The number of carboxylic acids is 1. The van der Waals surface area contributed by atoms with E-state index in [0.717, 1.165) is 23.1 Å². The average molecular weight is 265 g/mol. The number of hydrogen-bond acceptors (Lipinski definition) is 2. The van der Waals surface area contributed by atoms with E-state index in [1.807, 2.05) is 36.4 Å². The fourth-order valence-corrected chi connectivity index (χ4v) is 2.21. The van der Waals surface area contributed by atoms with Gasteiger partial charge in [0.15, 0.2) is 0 Å². The van der Waals surface area contributed by atoms with Crippen molar-refractivity contribution in [2.75, 3.05) is 0 Å². The van der Waals surface area contributed by atoms with E-state index in [0.29, 0.717) is 18.4 Å². The van der Waals surface area contributed by atoms with Crippen molar-refractivity contribution < 1.29 is 9.90 Å². The van der Waals surface area contributed by atoms with Crippen LogP contribution in [0.5, 0.6) is 0 Å². The molecule has 0 spiro atoms. The summed E-state index contributed by atoms with van der Waals surface area (Å²) >= 11 is 0. The fourth-order valence-electron chi connectivity index (χ4n) is 2.21. The Morgan fingerprint density at radius 2 is 1.80 bits per heavy atom. The van der Waals surface area contributed by atoms with E-state index in [1.165, 1.54) is 0 Å². The largest absolute Gasteiger partial charge is 0.478 e. The second-order valence-electron chi connectivity index (χ2n) is 4.62. The first-order chi connectivity index (χ1) is 9.70. The van der Waals surface area contributed by atoms with Crippen LogP contribution in [0.15, 0.2) is 48.5 Å². The molecule has 0 amide bonds. The zero-order valence-corrected chi connectivity index (χ0v) is 11.0. The van der Waals surface area contributed by atoms with Crippen LogP contribution in [0.4, 0.5) is 0 Å². The van der Waals surface area contributed by atoms with Crippen LogP contribution in [0.25, 0.3) is 0 Å². The van der Waals surface area contributed by atoms with E-state index < -0.39 is 5.97 Å². The molecule has 0 saturated heterocycles. The Bertz CT molecular complexity index is 656. The number of nitriles is 1. The molecule has 2 aromatic carbocycles. The van der Waals surface area contributed by atoms with E-state index >= 15 is 0 Å². The van der Waals surface area contributed by atoms with Crippen LogP contribution < -0.4 is 0 Å². The summed E-state index contributed by atoms with van der Waals surface area (Å²) in [5.41, 5.74) is 3.32. The molecule has 0 aromatic heterocycles. The van der Waals surface area contributed by atoms with Gasteiger partial charge in [0.1, 0.15) is 0 Å². The standard InChI is InChI=1S/C17H15NO2/c18-11-10-14-5-3-4-13(12-14)8-9-15-6-1-2-7-16(15)17(19)20/h1-7,12H,8-10H2,(H,19,20). The average Bonchev–Trinajstić information content (AvgIpc) is 2.46. The molecule has 0 bridgehead atoms. The summed E-state index contributed by atoms with van der Waals surface area (Å²) in [6, 6.07) is 17.1. The van der Waals surface area contributed by atoms with Gasteiger partial charge in [-0.25, -0.2) is 4.79 Å². The highest BCUT2D eigenvalue weighted by Crippen LogP contribution is 2.14. The topological polar surface area (TPSA) is 61.1 Å². The van der Waals surface area contributed by atoms with Crippen LogP contribution in [0, 0.1) is 11.3 Å². The van der Waals surface area contributed by atoms with Crippen LogP contribution in [-0.4, -0.2) is 11.1 Å². The van der Waals surface area contributed by atoms with Crippen molar-refractivity contribution in [1.29, 1.82) is 5.26 Å². The smallest absolute Gasteiger partial charge is 0.335 e. The lowest BCUT2D eigenvalue weighted by Crippen LogP contribution is -2.03. The summed E-state index contributed by atoms with van der Waals surface area (Å²) in [5.74, 6) is -0.890. The number of nitrogens with zero attached hydrogens (tertiary/aromatic N) is 1. The summed E-state index contributed by atoms with van der Waals surface area (Å²) in [7, 11) is 0. The van der Waals surface area contributed by atoms with Crippen molar-refractivity contribution in [3.8, 4) is 6.07 Å². The molecule has 1 N–H and O–H groups in total. The molecule has 2 rings (SSSR count). The molecule has 20 heavy (non-hydrogen) atoms. The van der Waals surface area contributed by atoms with E-state index in [9.17, 15) is 4.79 Å². The van der Waals surface area contributed by atoms with Gasteiger partial charge in [-0.1, -0.05) is 42.5 Å².